The van der Waals surface area contributed by atoms with Crippen molar-refractivity contribution in [3.63, 3.8) is 0 Å². The highest BCUT2D eigenvalue weighted by molar-refractivity contribution is 5.69. The normalized spacial score (nSPS) is 11.7. The standard InChI is InChI=1S/C14H9F5/c1-8-6-11(15)13(12(16)7-8)9-4-2-3-5-10(9)14(17,18)19/h2-7H,1H3. The molecule has 0 amide bonds. The van der Waals surface area contributed by atoms with Crippen LogP contribution in [0.2, 0.25) is 0 Å². The Bertz CT molecular complexity index is 590. The molecule has 0 unspecified atom stereocenters. The summed E-state index contributed by atoms with van der Waals surface area (Å²) in [7, 11) is 0. The highest BCUT2D eigenvalue weighted by Crippen LogP contribution is 2.38. The van der Waals surface area contributed by atoms with Crippen molar-refractivity contribution in [2.45, 2.75) is 13.1 Å². The van der Waals surface area contributed by atoms with Crippen molar-refractivity contribution < 1.29 is 22.0 Å². The quantitative estimate of drug-likeness (QED) is 0.644. The summed E-state index contributed by atoms with van der Waals surface area (Å²) in [6.07, 6.45) is -4.67. The van der Waals surface area contributed by atoms with Crippen LogP contribution in [-0.4, -0.2) is 0 Å². The Morgan fingerprint density at radius 2 is 1.42 bits per heavy atom. The smallest absolute Gasteiger partial charge is 0.206 e. The third-order valence-corrected chi connectivity index (χ3v) is 2.69. The molecular formula is C14H9F5. The van der Waals surface area contributed by atoms with Crippen LogP contribution in [0.3, 0.4) is 0 Å². The Balaban J connectivity index is 2.74. The predicted molar refractivity (Wildman–Crippen MR) is 61.5 cm³/mol. The molecule has 0 aliphatic carbocycles. The molecule has 0 radical (unpaired) electrons. The fourth-order valence-corrected chi connectivity index (χ4v) is 1.91. The predicted octanol–water partition coefficient (Wildman–Crippen LogP) is 4.96. The first kappa shape index (κ1) is 13.5. The summed E-state index contributed by atoms with van der Waals surface area (Å²) in [4.78, 5) is 0. The molecule has 2 aromatic rings. The first-order valence-electron chi connectivity index (χ1n) is 5.43. The molecule has 0 fully saturated rings. The molecule has 5 heteroatoms. The lowest BCUT2D eigenvalue weighted by atomic mass is 9.97. The van der Waals surface area contributed by atoms with Gasteiger partial charge in [0.15, 0.2) is 0 Å². The van der Waals surface area contributed by atoms with Gasteiger partial charge < -0.3 is 0 Å². The van der Waals surface area contributed by atoms with Crippen molar-refractivity contribution >= 4 is 0 Å². The zero-order chi connectivity index (χ0) is 14.2. The van der Waals surface area contributed by atoms with Gasteiger partial charge in [-0.3, -0.25) is 0 Å². The molecule has 0 aliphatic heterocycles. The van der Waals surface area contributed by atoms with Gasteiger partial charge in [0.1, 0.15) is 11.6 Å². The number of rotatable bonds is 1. The van der Waals surface area contributed by atoms with Gasteiger partial charge in [-0.25, -0.2) is 8.78 Å². The van der Waals surface area contributed by atoms with E-state index in [0.29, 0.717) is 5.56 Å². The minimum Gasteiger partial charge on any atom is -0.206 e. The van der Waals surface area contributed by atoms with E-state index in [9.17, 15) is 22.0 Å². The molecule has 2 aromatic carbocycles. The number of halogens is 5. The van der Waals surface area contributed by atoms with Gasteiger partial charge in [-0.05, 0) is 36.2 Å². The molecule has 19 heavy (non-hydrogen) atoms. The second-order valence-electron chi connectivity index (χ2n) is 4.15. The summed E-state index contributed by atoms with van der Waals surface area (Å²) >= 11 is 0. The molecule has 0 saturated carbocycles. The van der Waals surface area contributed by atoms with Crippen LogP contribution in [0.4, 0.5) is 22.0 Å². The Hall–Kier alpha value is -1.91. The van der Waals surface area contributed by atoms with E-state index < -0.39 is 34.5 Å². The van der Waals surface area contributed by atoms with Gasteiger partial charge >= 0.3 is 6.18 Å². The lowest BCUT2D eigenvalue weighted by Gasteiger charge is -2.14. The molecule has 0 heterocycles. The fraction of sp³-hybridized carbons (Fsp3) is 0.143. The van der Waals surface area contributed by atoms with Crippen LogP contribution in [0, 0.1) is 18.6 Å². The summed E-state index contributed by atoms with van der Waals surface area (Å²) in [5.74, 6) is -2.01. The van der Waals surface area contributed by atoms with E-state index in [1.165, 1.54) is 19.1 Å². The maximum Gasteiger partial charge on any atom is 0.417 e. The average molecular weight is 272 g/mol. The van der Waals surface area contributed by atoms with Crippen LogP contribution in [0.1, 0.15) is 11.1 Å². The maximum atomic E-state index is 13.8. The molecule has 0 nitrogen and oxygen atoms in total. The zero-order valence-electron chi connectivity index (χ0n) is 9.85. The molecule has 100 valence electrons. The highest BCUT2D eigenvalue weighted by Gasteiger charge is 2.34. The van der Waals surface area contributed by atoms with Crippen LogP contribution >= 0.6 is 0 Å². The number of alkyl halides is 3. The lowest BCUT2D eigenvalue weighted by molar-refractivity contribution is -0.137. The Morgan fingerprint density at radius 1 is 0.895 bits per heavy atom. The van der Waals surface area contributed by atoms with E-state index in [1.54, 1.807) is 0 Å². The molecule has 2 rings (SSSR count). The van der Waals surface area contributed by atoms with Gasteiger partial charge in [0.05, 0.1) is 11.1 Å². The van der Waals surface area contributed by atoms with E-state index in [1.807, 2.05) is 0 Å². The molecule has 0 spiro atoms. The Labute approximate surface area is 106 Å². The summed E-state index contributed by atoms with van der Waals surface area (Å²) < 4.78 is 66.0. The van der Waals surface area contributed by atoms with Crippen LogP contribution in [0.5, 0.6) is 0 Å². The third kappa shape index (κ3) is 2.59. The van der Waals surface area contributed by atoms with Gasteiger partial charge in [0.25, 0.3) is 0 Å². The average Bonchev–Trinajstić information content (AvgIpc) is 2.26. The second kappa shape index (κ2) is 4.64. The maximum absolute atomic E-state index is 13.8. The highest BCUT2D eigenvalue weighted by atomic mass is 19.4. The van der Waals surface area contributed by atoms with Gasteiger partial charge in [-0.15, -0.1) is 0 Å². The van der Waals surface area contributed by atoms with Crippen LogP contribution in [-0.2, 0) is 6.18 Å². The van der Waals surface area contributed by atoms with Crippen LogP contribution < -0.4 is 0 Å². The topological polar surface area (TPSA) is 0 Å². The van der Waals surface area contributed by atoms with E-state index in [0.717, 1.165) is 24.3 Å². The molecule has 0 N–H and O–H groups in total. The van der Waals surface area contributed by atoms with Crippen LogP contribution in [0.25, 0.3) is 11.1 Å². The zero-order valence-corrected chi connectivity index (χ0v) is 9.85. The second-order valence-corrected chi connectivity index (χ2v) is 4.15. The SMILES string of the molecule is Cc1cc(F)c(-c2ccccc2C(F)(F)F)c(F)c1. The van der Waals surface area contributed by atoms with E-state index in [-0.39, 0.29) is 0 Å². The summed E-state index contributed by atoms with van der Waals surface area (Å²) in [5, 5.41) is 0. The molecule has 0 atom stereocenters. The molecule has 0 saturated heterocycles. The summed E-state index contributed by atoms with van der Waals surface area (Å²) in [6, 6.07) is 6.35. The van der Waals surface area contributed by atoms with Crippen molar-refractivity contribution in [3.05, 3.63) is 59.2 Å². The number of aryl methyl sites for hydroxylation is 1. The lowest BCUT2D eigenvalue weighted by Crippen LogP contribution is -2.08. The van der Waals surface area contributed by atoms with Crippen molar-refractivity contribution in [2.24, 2.45) is 0 Å². The first-order valence-corrected chi connectivity index (χ1v) is 5.43. The molecule has 0 aliphatic rings. The van der Waals surface area contributed by atoms with Crippen LogP contribution in [0.15, 0.2) is 36.4 Å². The van der Waals surface area contributed by atoms with Gasteiger partial charge in [-0.2, -0.15) is 13.2 Å². The van der Waals surface area contributed by atoms with Gasteiger partial charge in [-0.1, -0.05) is 18.2 Å². The summed E-state index contributed by atoms with van der Waals surface area (Å²) in [5.41, 5.74) is -1.90. The van der Waals surface area contributed by atoms with E-state index >= 15 is 0 Å². The summed E-state index contributed by atoms with van der Waals surface area (Å²) in [6.45, 7) is 1.46. The van der Waals surface area contributed by atoms with E-state index in [2.05, 4.69) is 0 Å². The minimum atomic E-state index is -4.67. The van der Waals surface area contributed by atoms with Crippen molar-refractivity contribution in [2.75, 3.05) is 0 Å². The largest absolute Gasteiger partial charge is 0.417 e. The Morgan fingerprint density at radius 3 is 1.95 bits per heavy atom. The number of hydrogen-bond donors (Lipinski definition) is 0. The first-order chi connectivity index (χ1) is 8.80. The Kier molecular flexibility index (Phi) is 3.30. The minimum absolute atomic E-state index is 0.309. The molecule has 0 bridgehead atoms. The van der Waals surface area contributed by atoms with Crippen molar-refractivity contribution in [3.8, 4) is 11.1 Å². The third-order valence-electron chi connectivity index (χ3n) is 2.69. The fourth-order valence-electron chi connectivity index (χ4n) is 1.91. The van der Waals surface area contributed by atoms with Gasteiger partial charge in [0, 0.05) is 0 Å². The van der Waals surface area contributed by atoms with E-state index in [4.69, 9.17) is 0 Å². The monoisotopic (exact) mass is 272 g/mol. The van der Waals surface area contributed by atoms with Crippen molar-refractivity contribution in [1.29, 1.82) is 0 Å². The van der Waals surface area contributed by atoms with Crippen molar-refractivity contribution in [1.82, 2.24) is 0 Å². The number of benzene rings is 2. The molecule has 0 aromatic heterocycles. The number of hydrogen-bond acceptors (Lipinski definition) is 0. The van der Waals surface area contributed by atoms with Gasteiger partial charge in [0.2, 0.25) is 0 Å². The molecular weight excluding hydrogens is 263 g/mol.